The van der Waals surface area contributed by atoms with E-state index in [1.54, 1.807) is 0 Å². The van der Waals surface area contributed by atoms with E-state index in [1.165, 1.54) is 5.56 Å². The van der Waals surface area contributed by atoms with Gasteiger partial charge in [0.25, 0.3) is 5.91 Å². The average Bonchev–Trinajstić information content (AvgIpc) is 2.77. The Morgan fingerprint density at radius 1 is 1.44 bits per heavy atom. The van der Waals surface area contributed by atoms with Crippen LogP contribution in [0, 0.1) is 12.8 Å². The number of hydrogen-bond acceptors (Lipinski definition) is 1. The van der Waals surface area contributed by atoms with Crippen LogP contribution in [0.4, 0.5) is 0 Å². The van der Waals surface area contributed by atoms with Crippen LogP contribution in [0.5, 0.6) is 0 Å². The van der Waals surface area contributed by atoms with E-state index in [1.807, 2.05) is 36.1 Å². The van der Waals surface area contributed by atoms with Crippen molar-refractivity contribution in [2.45, 2.75) is 13.3 Å². The molecule has 1 aliphatic heterocycles. The summed E-state index contributed by atoms with van der Waals surface area (Å²) >= 11 is 3.48. The molecule has 1 aromatic rings. The lowest BCUT2D eigenvalue weighted by Gasteiger charge is -2.16. The minimum atomic E-state index is 0.170. The summed E-state index contributed by atoms with van der Waals surface area (Å²) in [5, 5.41) is 0.991. The van der Waals surface area contributed by atoms with Gasteiger partial charge in [-0.2, -0.15) is 0 Å². The average molecular weight is 282 g/mol. The van der Waals surface area contributed by atoms with E-state index in [4.69, 9.17) is 0 Å². The minimum Gasteiger partial charge on any atom is -0.338 e. The molecule has 1 amide bonds. The molecule has 2 nitrogen and oxygen atoms in total. The fraction of sp³-hybridized carbons (Fsp3) is 0.462. The highest BCUT2D eigenvalue weighted by atomic mass is 79.9. The molecule has 0 saturated carbocycles. The predicted octanol–water partition coefficient (Wildman–Crippen LogP) is 2.85. The van der Waals surface area contributed by atoms with E-state index in [0.29, 0.717) is 5.92 Å². The number of likely N-dealkylation sites (tertiary alicyclic amines) is 1. The molecule has 0 bridgehead atoms. The number of carbonyl (C=O) groups is 1. The van der Waals surface area contributed by atoms with Crippen molar-refractivity contribution in [3.8, 4) is 0 Å². The van der Waals surface area contributed by atoms with Crippen LogP contribution in [-0.2, 0) is 0 Å². The molecule has 1 aliphatic rings. The maximum Gasteiger partial charge on any atom is 0.253 e. The number of hydrogen-bond donors (Lipinski definition) is 0. The Labute approximate surface area is 105 Å². The third-order valence-corrected chi connectivity index (χ3v) is 4.01. The molecule has 86 valence electrons. The smallest absolute Gasteiger partial charge is 0.253 e. The normalized spacial score (nSPS) is 20.1. The number of aryl methyl sites for hydroxylation is 1. The molecular weight excluding hydrogens is 266 g/mol. The van der Waals surface area contributed by atoms with E-state index >= 15 is 0 Å². The van der Waals surface area contributed by atoms with Crippen LogP contribution in [0.15, 0.2) is 24.3 Å². The minimum absolute atomic E-state index is 0.170. The topological polar surface area (TPSA) is 20.3 Å². The second-order valence-electron chi connectivity index (χ2n) is 4.43. The zero-order valence-electron chi connectivity index (χ0n) is 9.45. The Morgan fingerprint density at radius 3 is 2.69 bits per heavy atom. The van der Waals surface area contributed by atoms with Gasteiger partial charge >= 0.3 is 0 Å². The largest absolute Gasteiger partial charge is 0.338 e. The molecule has 16 heavy (non-hydrogen) atoms. The Bertz CT molecular complexity index is 374. The Kier molecular flexibility index (Phi) is 3.64. The molecule has 1 unspecified atom stereocenters. The van der Waals surface area contributed by atoms with E-state index in [0.717, 1.165) is 30.4 Å². The van der Waals surface area contributed by atoms with Gasteiger partial charge in [-0.3, -0.25) is 4.79 Å². The molecule has 1 atom stereocenters. The molecule has 0 radical (unpaired) electrons. The molecule has 0 aromatic heterocycles. The fourth-order valence-electron chi connectivity index (χ4n) is 2.02. The molecule has 0 spiro atoms. The van der Waals surface area contributed by atoms with Gasteiger partial charge < -0.3 is 4.90 Å². The lowest BCUT2D eigenvalue weighted by Crippen LogP contribution is -2.28. The van der Waals surface area contributed by atoms with Crippen molar-refractivity contribution < 1.29 is 4.79 Å². The highest BCUT2D eigenvalue weighted by Crippen LogP contribution is 2.20. The van der Waals surface area contributed by atoms with Gasteiger partial charge in [-0.1, -0.05) is 33.6 Å². The fourth-order valence-corrected chi connectivity index (χ4v) is 2.55. The summed E-state index contributed by atoms with van der Waals surface area (Å²) in [6.45, 7) is 3.81. The summed E-state index contributed by atoms with van der Waals surface area (Å²) in [7, 11) is 0. The van der Waals surface area contributed by atoms with Crippen molar-refractivity contribution in [2.24, 2.45) is 5.92 Å². The predicted molar refractivity (Wildman–Crippen MR) is 69.0 cm³/mol. The lowest BCUT2D eigenvalue weighted by atomic mass is 10.1. The molecule has 3 heteroatoms. The number of benzene rings is 1. The number of alkyl halides is 1. The number of rotatable bonds is 2. The molecule has 0 N–H and O–H groups in total. The van der Waals surface area contributed by atoms with E-state index in [2.05, 4.69) is 15.9 Å². The van der Waals surface area contributed by atoms with Gasteiger partial charge in [0.05, 0.1) is 0 Å². The summed E-state index contributed by atoms with van der Waals surface area (Å²) in [6.07, 6.45) is 1.11. The van der Waals surface area contributed by atoms with Crippen LogP contribution < -0.4 is 0 Å². The quantitative estimate of drug-likeness (QED) is 0.764. The summed E-state index contributed by atoms with van der Waals surface area (Å²) < 4.78 is 0. The first-order chi connectivity index (χ1) is 7.70. The highest BCUT2D eigenvalue weighted by molar-refractivity contribution is 9.09. The van der Waals surface area contributed by atoms with Crippen LogP contribution in [0.3, 0.4) is 0 Å². The molecule has 2 rings (SSSR count). The van der Waals surface area contributed by atoms with Crippen LogP contribution in [0.25, 0.3) is 0 Å². The first kappa shape index (κ1) is 11.6. The van der Waals surface area contributed by atoms with E-state index < -0.39 is 0 Å². The molecule has 1 fully saturated rings. The standard InChI is InChI=1S/C13H16BrNO/c1-10-2-4-12(5-3-10)13(16)15-7-6-11(8-14)9-15/h2-5,11H,6-9H2,1H3. The number of halogens is 1. The number of nitrogens with zero attached hydrogens (tertiary/aromatic N) is 1. The Morgan fingerprint density at radius 2 is 2.12 bits per heavy atom. The van der Waals surface area contributed by atoms with Crippen LogP contribution in [0.2, 0.25) is 0 Å². The first-order valence-corrected chi connectivity index (χ1v) is 6.75. The zero-order valence-corrected chi connectivity index (χ0v) is 11.0. The van der Waals surface area contributed by atoms with Gasteiger partial charge in [-0.15, -0.1) is 0 Å². The zero-order chi connectivity index (χ0) is 11.5. The first-order valence-electron chi connectivity index (χ1n) is 5.62. The van der Waals surface area contributed by atoms with Crippen LogP contribution in [0.1, 0.15) is 22.3 Å². The Balaban J connectivity index is 2.05. The monoisotopic (exact) mass is 281 g/mol. The van der Waals surface area contributed by atoms with Crippen molar-refractivity contribution in [1.29, 1.82) is 0 Å². The van der Waals surface area contributed by atoms with Crippen LogP contribution in [-0.4, -0.2) is 29.2 Å². The van der Waals surface area contributed by atoms with Crippen molar-refractivity contribution in [3.05, 3.63) is 35.4 Å². The summed E-state index contributed by atoms with van der Waals surface area (Å²) in [5.41, 5.74) is 2.00. The lowest BCUT2D eigenvalue weighted by molar-refractivity contribution is 0.0788. The van der Waals surface area contributed by atoms with Crippen LogP contribution >= 0.6 is 15.9 Å². The van der Waals surface area contributed by atoms with E-state index in [-0.39, 0.29) is 5.91 Å². The second-order valence-corrected chi connectivity index (χ2v) is 5.07. The maximum absolute atomic E-state index is 12.1. The molecule has 0 aliphatic carbocycles. The summed E-state index contributed by atoms with van der Waals surface area (Å²) in [5.74, 6) is 0.790. The Hall–Kier alpha value is -0.830. The number of carbonyl (C=O) groups excluding carboxylic acids is 1. The maximum atomic E-state index is 12.1. The van der Waals surface area contributed by atoms with Gasteiger partial charge in [0.15, 0.2) is 0 Å². The van der Waals surface area contributed by atoms with Crippen molar-refractivity contribution in [3.63, 3.8) is 0 Å². The van der Waals surface area contributed by atoms with Crippen molar-refractivity contribution in [2.75, 3.05) is 18.4 Å². The molecule has 1 saturated heterocycles. The highest BCUT2D eigenvalue weighted by Gasteiger charge is 2.25. The summed E-state index contributed by atoms with van der Waals surface area (Å²) in [6, 6.07) is 7.81. The van der Waals surface area contributed by atoms with E-state index in [9.17, 15) is 4.79 Å². The van der Waals surface area contributed by atoms with Gasteiger partial charge in [-0.05, 0) is 31.4 Å². The van der Waals surface area contributed by atoms with Crippen molar-refractivity contribution >= 4 is 21.8 Å². The van der Waals surface area contributed by atoms with Crippen molar-refractivity contribution in [1.82, 2.24) is 4.90 Å². The number of amides is 1. The molecule has 1 aromatic carbocycles. The second kappa shape index (κ2) is 5.00. The molecular formula is C13H16BrNO. The van der Waals surface area contributed by atoms with Gasteiger partial charge in [0.2, 0.25) is 0 Å². The summed E-state index contributed by atoms with van der Waals surface area (Å²) in [4.78, 5) is 14.1. The third kappa shape index (κ3) is 2.46. The van der Waals surface area contributed by atoms with Gasteiger partial charge in [0, 0.05) is 24.0 Å². The molecule has 1 heterocycles. The SMILES string of the molecule is Cc1ccc(C(=O)N2CCC(CBr)C2)cc1. The van der Waals surface area contributed by atoms with Gasteiger partial charge in [-0.25, -0.2) is 0 Å². The van der Waals surface area contributed by atoms with Gasteiger partial charge in [0.1, 0.15) is 0 Å². The third-order valence-electron chi connectivity index (χ3n) is 3.09.